The molecule has 2 amide bonds. The Bertz CT molecular complexity index is 690. The largest absolute Gasteiger partial charge is 0.472 e. The van der Waals surface area contributed by atoms with E-state index in [0.29, 0.717) is 31.7 Å². The summed E-state index contributed by atoms with van der Waals surface area (Å²) in [5.41, 5.74) is 2.15. The van der Waals surface area contributed by atoms with Gasteiger partial charge >= 0.3 is 6.03 Å². The number of ether oxygens (including phenoxy) is 2. The molecule has 0 bridgehead atoms. The normalized spacial score (nSPS) is 23.2. The maximum Gasteiger partial charge on any atom is 0.317 e. The van der Waals surface area contributed by atoms with Gasteiger partial charge in [-0.25, -0.2) is 9.78 Å². The van der Waals surface area contributed by atoms with Crippen LogP contribution in [-0.4, -0.2) is 59.3 Å². The number of aryl methyl sites for hydroxylation is 1. The predicted molar refractivity (Wildman–Crippen MR) is 106 cm³/mol. The minimum Gasteiger partial charge on any atom is -0.472 e. The first-order chi connectivity index (χ1) is 13.7. The first-order valence-electron chi connectivity index (χ1n) is 10.9. The van der Waals surface area contributed by atoms with E-state index < -0.39 is 0 Å². The second-order valence-corrected chi connectivity index (χ2v) is 8.10. The Morgan fingerprint density at radius 2 is 2.00 bits per heavy atom. The summed E-state index contributed by atoms with van der Waals surface area (Å²) in [6.07, 6.45) is 8.92. The molecule has 1 saturated heterocycles. The maximum atomic E-state index is 12.6. The summed E-state index contributed by atoms with van der Waals surface area (Å²) in [4.78, 5) is 23.9. The lowest BCUT2D eigenvalue weighted by Gasteiger charge is -2.33. The third kappa shape index (κ3) is 4.57. The van der Waals surface area contributed by atoms with Crippen LogP contribution in [0.15, 0.2) is 0 Å². The number of aromatic nitrogens is 2. The number of nitrogens with one attached hydrogen (secondary N) is 1. The minimum atomic E-state index is -0.0176. The summed E-state index contributed by atoms with van der Waals surface area (Å²) in [6, 6.07) is 0.405. The Kier molecular flexibility index (Phi) is 6.29. The van der Waals surface area contributed by atoms with Gasteiger partial charge in [0.05, 0.1) is 25.5 Å². The molecule has 0 aromatic carbocycles. The van der Waals surface area contributed by atoms with E-state index in [1.807, 2.05) is 4.90 Å². The molecule has 1 aromatic heterocycles. The van der Waals surface area contributed by atoms with E-state index in [-0.39, 0.29) is 12.1 Å². The van der Waals surface area contributed by atoms with Crippen LogP contribution in [0.4, 0.5) is 4.79 Å². The van der Waals surface area contributed by atoms with E-state index in [0.717, 1.165) is 68.6 Å². The van der Waals surface area contributed by atoms with Crippen molar-refractivity contribution in [3.05, 3.63) is 17.1 Å². The molecule has 7 nitrogen and oxygen atoms in total. The number of piperidine rings is 1. The zero-order chi connectivity index (χ0) is 19.3. The molecule has 0 spiro atoms. The van der Waals surface area contributed by atoms with Gasteiger partial charge in [0, 0.05) is 37.4 Å². The summed E-state index contributed by atoms with van der Waals surface area (Å²) in [5, 5.41) is 3.20. The average molecular weight is 389 g/mol. The van der Waals surface area contributed by atoms with Crippen LogP contribution in [0.3, 0.4) is 0 Å². The Labute approximate surface area is 167 Å². The van der Waals surface area contributed by atoms with Gasteiger partial charge in [0.1, 0.15) is 11.9 Å². The molecule has 1 aliphatic carbocycles. The highest BCUT2D eigenvalue weighted by molar-refractivity contribution is 5.74. The first-order valence-corrected chi connectivity index (χ1v) is 10.9. The highest BCUT2D eigenvalue weighted by Gasteiger charge is 2.28. The van der Waals surface area contributed by atoms with Gasteiger partial charge in [0.15, 0.2) is 0 Å². The van der Waals surface area contributed by atoms with Crippen molar-refractivity contribution in [1.82, 2.24) is 20.2 Å². The number of hydrogen-bond acceptors (Lipinski definition) is 5. The van der Waals surface area contributed by atoms with Crippen LogP contribution in [0.2, 0.25) is 0 Å². The van der Waals surface area contributed by atoms with Gasteiger partial charge in [-0.2, -0.15) is 4.98 Å². The van der Waals surface area contributed by atoms with Crippen molar-refractivity contribution in [2.24, 2.45) is 0 Å². The standard InChI is InChI=1S/C21H32N4O3/c1-2-19-23-18-10-13-27-12-9-17(18)20(24-19)28-16-8-5-11-25(14-16)21(26)22-15-6-3-4-7-15/h15-16H,2-14H2,1H3,(H,22,26). The van der Waals surface area contributed by atoms with Crippen LogP contribution in [0.5, 0.6) is 5.88 Å². The molecule has 4 rings (SSSR count). The molecule has 1 atom stereocenters. The molecule has 3 aliphatic rings. The van der Waals surface area contributed by atoms with Gasteiger partial charge in [0.2, 0.25) is 5.88 Å². The summed E-state index contributed by atoms with van der Waals surface area (Å²) in [7, 11) is 0. The van der Waals surface area contributed by atoms with E-state index in [9.17, 15) is 4.79 Å². The number of nitrogens with zero attached hydrogens (tertiary/aromatic N) is 3. The summed E-state index contributed by atoms with van der Waals surface area (Å²) >= 11 is 0. The number of urea groups is 1. The third-order valence-electron chi connectivity index (χ3n) is 6.02. The number of hydrogen-bond donors (Lipinski definition) is 1. The molecule has 1 N–H and O–H groups in total. The van der Waals surface area contributed by atoms with Crippen LogP contribution < -0.4 is 10.1 Å². The maximum absolute atomic E-state index is 12.6. The zero-order valence-corrected chi connectivity index (χ0v) is 16.9. The van der Waals surface area contributed by atoms with Crippen LogP contribution in [-0.2, 0) is 24.0 Å². The topological polar surface area (TPSA) is 76.6 Å². The SMILES string of the molecule is CCc1nc2c(c(OC3CCCN(C(=O)NC4CCCC4)C3)n1)CCOCC2. The molecule has 0 radical (unpaired) electrons. The Morgan fingerprint density at radius 3 is 2.82 bits per heavy atom. The van der Waals surface area contributed by atoms with E-state index >= 15 is 0 Å². The fraction of sp³-hybridized carbons (Fsp3) is 0.762. The second kappa shape index (κ2) is 9.07. The molecule has 1 aromatic rings. The lowest BCUT2D eigenvalue weighted by Crippen LogP contribution is -2.50. The third-order valence-corrected chi connectivity index (χ3v) is 6.02. The molecule has 2 fully saturated rings. The Hall–Kier alpha value is -1.89. The number of carbonyl (C=O) groups excluding carboxylic acids is 1. The van der Waals surface area contributed by atoms with Crippen molar-refractivity contribution in [3.8, 4) is 5.88 Å². The molecule has 28 heavy (non-hydrogen) atoms. The molecular weight excluding hydrogens is 356 g/mol. The van der Waals surface area contributed by atoms with Crippen molar-refractivity contribution < 1.29 is 14.3 Å². The molecular formula is C21H32N4O3. The quantitative estimate of drug-likeness (QED) is 0.858. The summed E-state index contributed by atoms with van der Waals surface area (Å²) in [5.74, 6) is 1.53. The number of likely N-dealkylation sites (tertiary alicyclic amines) is 1. The van der Waals surface area contributed by atoms with Crippen molar-refractivity contribution in [1.29, 1.82) is 0 Å². The van der Waals surface area contributed by atoms with Gasteiger partial charge in [-0.3, -0.25) is 0 Å². The number of amides is 2. The summed E-state index contributed by atoms with van der Waals surface area (Å²) in [6.45, 7) is 4.86. The fourth-order valence-electron chi connectivity index (χ4n) is 4.43. The molecule has 1 unspecified atom stereocenters. The van der Waals surface area contributed by atoms with E-state index in [4.69, 9.17) is 14.5 Å². The van der Waals surface area contributed by atoms with Gasteiger partial charge in [-0.05, 0) is 25.7 Å². The second-order valence-electron chi connectivity index (χ2n) is 8.10. The molecule has 7 heteroatoms. The van der Waals surface area contributed by atoms with Crippen molar-refractivity contribution in [3.63, 3.8) is 0 Å². The highest BCUT2D eigenvalue weighted by Crippen LogP contribution is 2.26. The molecule has 3 heterocycles. The lowest BCUT2D eigenvalue weighted by molar-refractivity contribution is 0.0951. The smallest absolute Gasteiger partial charge is 0.317 e. The van der Waals surface area contributed by atoms with Crippen molar-refractivity contribution >= 4 is 6.03 Å². The molecule has 154 valence electrons. The zero-order valence-electron chi connectivity index (χ0n) is 16.9. The Balaban J connectivity index is 1.44. The van der Waals surface area contributed by atoms with Gasteiger partial charge in [-0.1, -0.05) is 19.8 Å². The fourth-order valence-corrected chi connectivity index (χ4v) is 4.43. The van der Waals surface area contributed by atoms with Crippen molar-refractivity contribution in [2.45, 2.75) is 76.9 Å². The first kappa shape index (κ1) is 19.4. The average Bonchev–Trinajstić information content (AvgIpc) is 3.10. The van der Waals surface area contributed by atoms with Crippen LogP contribution in [0.25, 0.3) is 0 Å². The van der Waals surface area contributed by atoms with Gasteiger partial charge < -0.3 is 19.7 Å². The van der Waals surface area contributed by atoms with Gasteiger partial charge in [0.25, 0.3) is 0 Å². The monoisotopic (exact) mass is 388 g/mol. The van der Waals surface area contributed by atoms with Gasteiger partial charge in [-0.15, -0.1) is 0 Å². The lowest BCUT2D eigenvalue weighted by atomic mass is 10.1. The highest BCUT2D eigenvalue weighted by atomic mass is 16.5. The van der Waals surface area contributed by atoms with E-state index in [1.54, 1.807) is 0 Å². The molecule has 2 aliphatic heterocycles. The molecule has 1 saturated carbocycles. The van der Waals surface area contributed by atoms with E-state index in [1.165, 1.54) is 12.8 Å². The van der Waals surface area contributed by atoms with Crippen LogP contribution in [0, 0.1) is 0 Å². The Morgan fingerprint density at radius 1 is 1.18 bits per heavy atom. The van der Waals surface area contributed by atoms with Crippen LogP contribution >= 0.6 is 0 Å². The number of fused-ring (bicyclic) bond motifs is 1. The predicted octanol–water partition coefficient (Wildman–Crippen LogP) is 2.65. The number of carbonyl (C=O) groups is 1. The van der Waals surface area contributed by atoms with E-state index in [2.05, 4.69) is 17.2 Å². The minimum absolute atomic E-state index is 0.0176. The van der Waals surface area contributed by atoms with Crippen LogP contribution in [0.1, 0.15) is 62.5 Å². The van der Waals surface area contributed by atoms with Crippen molar-refractivity contribution in [2.75, 3.05) is 26.3 Å². The number of rotatable bonds is 4. The summed E-state index contributed by atoms with van der Waals surface area (Å²) < 4.78 is 12.0.